The van der Waals surface area contributed by atoms with Crippen LogP contribution in [-0.4, -0.2) is 33.0 Å². The lowest BCUT2D eigenvalue weighted by Crippen LogP contribution is -2.08. The fourth-order valence-corrected chi connectivity index (χ4v) is 17.6. The molecule has 0 saturated carbocycles. The second-order valence-electron chi connectivity index (χ2n) is 35.1. The van der Waals surface area contributed by atoms with Crippen molar-refractivity contribution in [1.82, 2.24) is 0 Å². The van der Waals surface area contributed by atoms with Gasteiger partial charge in [0.15, 0.2) is 11.5 Å². The van der Waals surface area contributed by atoms with Gasteiger partial charge in [-0.05, 0) is 170 Å². The number of hydrogen-bond donors (Lipinski definition) is 0. The van der Waals surface area contributed by atoms with Crippen molar-refractivity contribution in [3.8, 4) is 69.3 Å². The van der Waals surface area contributed by atoms with Crippen molar-refractivity contribution < 1.29 is 28.4 Å². The van der Waals surface area contributed by atoms with E-state index in [1.807, 2.05) is 12.1 Å². The van der Waals surface area contributed by atoms with Crippen LogP contribution < -0.4 is 28.4 Å². The molecule has 0 heterocycles. The summed E-state index contributed by atoms with van der Waals surface area (Å²) in [7, 11) is 0. The number of rotatable bonds is 64. The number of benzene rings is 10. The molecular weight excluding hydrogens is 1470 g/mol. The Labute approximate surface area is 728 Å². The van der Waals surface area contributed by atoms with Crippen LogP contribution in [0, 0.1) is 30.6 Å². The molecule has 0 bridgehead atoms. The maximum atomic E-state index is 6.86. The molecule has 0 aliphatic carbocycles. The molecule has 10 aromatic rings. The maximum Gasteiger partial charge on any atom is 0.203 e. The average Bonchev–Trinajstić information content (AvgIpc) is 0.698. The SMILES string of the molecule is CCCCCCCCCCCCCCCCOc1cc(COc2ccc(C#Cc3cc(OCCCCCC)c(C#Cc4cc5c6ccccc6c6cc(-c7ccc(C)cc7)cc7c8ccccc8c(c4)c5c67)cc3OCCCCCC)cc2)cc(OCCCCCCCCCCCCCCCC)c1OCCCCCCCCCCCCCCCC. The first-order chi connectivity index (χ1) is 59.4. The van der Waals surface area contributed by atoms with E-state index < -0.39 is 0 Å². The molecule has 6 heteroatoms. The van der Waals surface area contributed by atoms with Crippen molar-refractivity contribution in [2.45, 2.75) is 369 Å². The Balaban J connectivity index is 0.865. The molecule has 0 amide bonds. The van der Waals surface area contributed by atoms with E-state index in [1.54, 1.807) is 0 Å². The van der Waals surface area contributed by atoms with Crippen LogP contribution in [0.3, 0.4) is 0 Å². The standard InChI is InChI=1S/C114H154O6/c1-7-12-17-22-25-28-31-34-37-40-43-46-49-58-79-117-110-84-94(85-111(118-80-59-50-47-44-41-38-35-32-29-26-23-18-13-8-2)114(110)119-81-60-51-48-45-42-39-36-33-30-27-24-19-14-9-3)90-120-99-75-69-92(70-76-99)67-73-96-88-109(116-78-57-21-16-11-5)97(89-108(96)115-77-56-20-15-10-4)74-68-93-82-104-100-61-52-54-63-102(100)106-86-98(95-71-65-91(6)66-72-95)87-107-103-64-55-53-62-101(103)105(83-93)112(104)113(106)107/h52-55,61-66,69-72,75-76,82-89H,7-51,56-60,77-81,90H2,1-6H3. The second-order valence-corrected chi connectivity index (χ2v) is 35.1. The zero-order valence-electron chi connectivity index (χ0n) is 75.9. The highest BCUT2D eigenvalue weighted by atomic mass is 16.5. The van der Waals surface area contributed by atoms with Crippen molar-refractivity contribution in [1.29, 1.82) is 0 Å². The summed E-state index contributed by atoms with van der Waals surface area (Å²) in [6, 6.07) is 53.0. The maximum absolute atomic E-state index is 6.86. The molecule has 0 atom stereocenters. The summed E-state index contributed by atoms with van der Waals surface area (Å²) < 4.78 is 40.9. The Morgan fingerprint density at radius 2 is 0.517 bits per heavy atom. The van der Waals surface area contributed by atoms with Gasteiger partial charge >= 0.3 is 0 Å². The first-order valence-corrected chi connectivity index (χ1v) is 49.3. The predicted molar refractivity (Wildman–Crippen MR) is 518 cm³/mol. The molecule has 0 aliphatic rings. The predicted octanol–water partition coefficient (Wildman–Crippen LogP) is 34.7. The fourth-order valence-electron chi connectivity index (χ4n) is 17.6. The summed E-state index contributed by atoms with van der Waals surface area (Å²) in [6.45, 7) is 17.0. The van der Waals surface area contributed by atoms with E-state index >= 15 is 0 Å². The van der Waals surface area contributed by atoms with Gasteiger partial charge in [0.05, 0.1) is 44.2 Å². The van der Waals surface area contributed by atoms with Crippen LogP contribution in [0.1, 0.15) is 389 Å². The summed E-state index contributed by atoms with van der Waals surface area (Å²) in [6.07, 6.45) is 64.5. The first kappa shape index (κ1) is 93.9. The van der Waals surface area contributed by atoms with Crippen LogP contribution in [0.4, 0.5) is 0 Å². The smallest absolute Gasteiger partial charge is 0.203 e. The molecular formula is C114H154O6. The number of hydrogen-bond acceptors (Lipinski definition) is 6. The Morgan fingerprint density at radius 1 is 0.225 bits per heavy atom. The first-order valence-electron chi connectivity index (χ1n) is 49.3. The minimum absolute atomic E-state index is 0.352. The molecule has 646 valence electrons. The average molecular weight is 1620 g/mol. The van der Waals surface area contributed by atoms with Crippen LogP contribution >= 0.6 is 0 Å². The van der Waals surface area contributed by atoms with Crippen LogP contribution in [0.25, 0.3) is 65.0 Å². The molecule has 10 aromatic carbocycles. The van der Waals surface area contributed by atoms with Gasteiger partial charge in [0.2, 0.25) is 5.75 Å². The van der Waals surface area contributed by atoms with E-state index in [0.717, 1.165) is 120 Å². The molecule has 0 fully saturated rings. The Morgan fingerprint density at radius 3 is 0.858 bits per heavy atom. The molecule has 120 heavy (non-hydrogen) atoms. The van der Waals surface area contributed by atoms with E-state index in [2.05, 4.69) is 199 Å². The van der Waals surface area contributed by atoms with E-state index in [1.165, 1.54) is 334 Å². The second kappa shape index (κ2) is 56.4. The van der Waals surface area contributed by atoms with Gasteiger partial charge in [0.25, 0.3) is 0 Å². The normalized spacial score (nSPS) is 11.5. The van der Waals surface area contributed by atoms with E-state index in [9.17, 15) is 0 Å². The lowest BCUT2D eigenvalue weighted by atomic mass is 9.84. The van der Waals surface area contributed by atoms with Crippen molar-refractivity contribution in [3.05, 3.63) is 179 Å². The molecule has 0 saturated heterocycles. The molecule has 10 rings (SSSR count). The van der Waals surface area contributed by atoms with E-state index in [4.69, 9.17) is 28.4 Å². The quantitative estimate of drug-likeness (QED) is 0.0164. The highest BCUT2D eigenvalue weighted by molar-refractivity contribution is 6.40. The monoisotopic (exact) mass is 1620 g/mol. The van der Waals surface area contributed by atoms with Gasteiger partial charge in [-0.2, -0.15) is 0 Å². The van der Waals surface area contributed by atoms with Crippen molar-refractivity contribution in [2.75, 3.05) is 33.0 Å². The van der Waals surface area contributed by atoms with Crippen LogP contribution in [0.5, 0.6) is 34.5 Å². The van der Waals surface area contributed by atoms with Gasteiger partial charge < -0.3 is 28.4 Å². The zero-order chi connectivity index (χ0) is 83.5. The number of aryl methyl sites for hydroxylation is 1. The zero-order valence-corrected chi connectivity index (χ0v) is 75.9. The highest BCUT2D eigenvalue weighted by Crippen LogP contribution is 2.48. The molecule has 6 nitrogen and oxygen atoms in total. The lowest BCUT2D eigenvalue weighted by molar-refractivity contribution is 0.232. The topological polar surface area (TPSA) is 55.4 Å². The van der Waals surface area contributed by atoms with Gasteiger partial charge in [-0.1, -0.05) is 426 Å². The third-order valence-corrected chi connectivity index (χ3v) is 24.8. The van der Waals surface area contributed by atoms with Crippen molar-refractivity contribution >= 4 is 53.9 Å². The minimum Gasteiger partial charge on any atom is -0.492 e. The molecule has 0 radical (unpaired) electrons. The van der Waals surface area contributed by atoms with Crippen LogP contribution in [-0.2, 0) is 6.61 Å². The summed E-state index contributed by atoms with van der Waals surface area (Å²) in [5, 5.41) is 12.5. The molecule has 0 aliphatic heterocycles. The Bertz CT molecular complexity index is 4470. The van der Waals surface area contributed by atoms with Gasteiger partial charge in [0, 0.05) is 23.3 Å². The van der Waals surface area contributed by atoms with Gasteiger partial charge in [0.1, 0.15) is 23.9 Å². The van der Waals surface area contributed by atoms with Crippen molar-refractivity contribution in [2.24, 2.45) is 0 Å². The Kier molecular flexibility index (Phi) is 44.1. The van der Waals surface area contributed by atoms with Gasteiger partial charge in [-0.3, -0.25) is 0 Å². The van der Waals surface area contributed by atoms with Gasteiger partial charge in [-0.25, -0.2) is 0 Å². The third kappa shape index (κ3) is 31.8. The fraction of sp³-hybridized carbons (Fsp3) is 0.544. The highest BCUT2D eigenvalue weighted by Gasteiger charge is 2.22. The minimum atomic E-state index is 0.352. The summed E-state index contributed by atoms with van der Waals surface area (Å²) in [5.41, 5.74) is 8.11. The summed E-state index contributed by atoms with van der Waals surface area (Å²) in [5.74, 6) is 19.0. The van der Waals surface area contributed by atoms with E-state index in [0.29, 0.717) is 39.6 Å². The van der Waals surface area contributed by atoms with Crippen LogP contribution in [0.15, 0.2) is 146 Å². The summed E-state index contributed by atoms with van der Waals surface area (Å²) in [4.78, 5) is 0. The molecule has 0 spiro atoms. The number of unbranched alkanes of at least 4 members (excludes halogenated alkanes) is 45. The molecule has 0 unspecified atom stereocenters. The van der Waals surface area contributed by atoms with Crippen molar-refractivity contribution in [3.63, 3.8) is 0 Å². The number of ether oxygens (including phenoxy) is 6. The molecule has 0 N–H and O–H groups in total. The Hall–Kier alpha value is -8.32. The summed E-state index contributed by atoms with van der Waals surface area (Å²) >= 11 is 0. The third-order valence-electron chi connectivity index (χ3n) is 24.8. The van der Waals surface area contributed by atoms with Gasteiger partial charge in [-0.15, -0.1) is 0 Å². The molecule has 0 aromatic heterocycles. The van der Waals surface area contributed by atoms with E-state index in [-0.39, 0.29) is 0 Å². The lowest BCUT2D eigenvalue weighted by Gasteiger charge is -2.19. The number of fused-ring (bicyclic) bond motifs is 6. The van der Waals surface area contributed by atoms with Crippen LogP contribution in [0.2, 0.25) is 0 Å². The largest absolute Gasteiger partial charge is 0.492 e.